The molecule has 18 heavy (non-hydrogen) atoms. The van der Waals surface area contributed by atoms with Gasteiger partial charge in [0, 0.05) is 19.1 Å². The van der Waals surface area contributed by atoms with Gasteiger partial charge in [-0.05, 0) is 33.4 Å². The summed E-state index contributed by atoms with van der Waals surface area (Å²) in [5, 5.41) is 10.5. The summed E-state index contributed by atoms with van der Waals surface area (Å²) in [6.07, 6.45) is 2.07. The maximum absolute atomic E-state index is 9.37. The first kappa shape index (κ1) is 13.8. The van der Waals surface area contributed by atoms with Crippen LogP contribution in [-0.4, -0.2) is 47.7 Å². The van der Waals surface area contributed by atoms with E-state index >= 15 is 0 Å². The Labute approximate surface area is 113 Å². The van der Waals surface area contributed by atoms with Crippen molar-refractivity contribution < 1.29 is 5.11 Å². The van der Waals surface area contributed by atoms with E-state index in [0.717, 1.165) is 41.8 Å². The summed E-state index contributed by atoms with van der Waals surface area (Å²) < 4.78 is 0. The van der Waals surface area contributed by atoms with Crippen LogP contribution >= 0.6 is 11.3 Å². The predicted octanol–water partition coefficient (Wildman–Crippen LogP) is 1.73. The van der Waals surface area contributed by atoms with Gasteiger partial charge in [0.1, 0.15) is 0 Å². The minimum Gasteiger partial charge on any atom is -0.391 e. The molecule has 102 valence electrons. The Morgan fingerprint density at radius 1 is 1.44 bits per heavy atom. The summed E-state index contributed by atoms with van der Waals surface area (Å²) in [5.74, 6) is 0. The number of aliphatic hydroxyl groups is 1. The van der Waals surface area contributed by atoms with E-state index < -0.39 is 0 Å². The minimum atomic E-state index is 0.114. The zero-order valence-corrected chi connectivity index (χ0v) is 12.3. The van der Waals surface area contributed by atoms with E-state index in [9.17, 15) is 5.11 Å². The van der Waals surface area contributed by atoms with E-state index in [1.54, 1.807) is 11.3 Å². The summed E-state index contributed by atoms with van der Waals surface area (Å²) in [6, 6.07) is 0.486. The second kappa shape index (κ2) is 5.99. The molecule has 2 heterocycles. The van der Waals surface area contributed by atoms with Crippen LogP contribution in [0.1, 0.15) is 30.8 Å². The summed E-state index contributed by atoms with van der Waals surface area (Å²) in [5.41, 5.74) is 1.06. The number of rotatable bonds is 3. The van der Waals surface area contributed by atoms with Gasteiger partial charge in [0.2, 0.25) is 0 Å². The molecule has 1 aromatic rings. The fourth-order valence-electron chi connectivity index (χ4n) is 2.55. The topological polar surface area (TPSA) is 39.6 Å². The highest BCUT2D eigenvalue weighted by Crippen LogP contribution is 2.29. The second-order valence-electron chi connectivity index (χ2n) is 5.04. The molecular weight excluding hydrogens is 246 g/mol. The van der Waals surface area contributed by atoms with Crippen LogP contribution in [0.25, 0.3) is 0 Å². The molecule has 0 aliphatic carbocycles. The number of hydrogen-bond donors (Lipinski definition) is 1. The van der Waals surface area contributed by atoms with Crippen molar-refractivity contribution in [1.29, 1.82) is 0 Å². The smallest absolute Gasteiger partial charge is 0.186 e. The first-order chi connectivity index (χ1) is 8.65. The molecule has 0 aromatic carbocycles. The molecule has 1 fully saturated rings. The first-order valence-electron chi connectivity index (χ1n) is 6.70. The molecule has 5 heteroatoms. The Morgan fingerprint density at radius 3 is 2.83 bits per heavy atom. The van der Waals surface area contributed by atoms with Crippen LogP contribution in [0.3, 0.4) is 0 Å². The van der Waals surface area contributed by atoms with Crippen molar-refractivity contribution in [3.8, 4) is 0 Å². The maximum atomic E-state index is 9.37. The molecule has 0 saturated carbocycles. The second-order valence-corrected chi connectivity index (χ2v) is 6.10. The molecule has 1 atom stereocenters. The third-order valence-corrected chi connectivity index (χ3v) is 4.66. The first-order valence-corrected chi connectivity index (χ1v) is 7.52. The molecule has 0 spiro atoms. The molecule has 0 amide bonds. The lowest BCUT2D eigenvalue weighted by molar-refractivity contribution is 0.284. The van der Waals surface area contributed by atoms with Gasteiger partial charge in [0.05, 0.1) is 17.2 Å². The average Bonchev–Trinajstić information content (AvgIpc) is 2.69. The van der Waals surface area contributed by atoms with Gasteiger partial charge < -0.3 is 14.9 Å². The molecule has 1 aliphatic rings. The van der Waals surface area contributed by atoms with Gasteiger partial charge in [-0.1, -0.05) is 18.3 Å². The van der Waals surface area contributed by atoms with Crippen molar-refractivity contribution in [1.82, 2.24) is 9.88 Å². The zero-order valence-electron chi connectivity index (χ0n) is 11.5. The van der Waals surface area contributed by atoms with Crippen molar-refractivity contribution in [2.24, 2.45) is 0 Å². The minimum absolute atomic E-state index is 0.114. The normalized spacial score (nSPS) is 22.2. The quantitative estimate of drug-likeness (QED) is 0.907. The third kappa shape index (κ3) is 2.84. The lowest BCUT2D eigenvalue weighted by Gasteiger charge is -2.27. The average molecular weight is 269 g/mol. The number of likely N-dealkylation sites (N-methyl/N-ethyl adjacent to an activating group) is 1. The molecule has 4 nitrogen and oxygen atoms in total. The fourth-order valence-corrected chi connectivity index (χ4v) is 3.69. The number of nitrogens with zero attached hydrogens (tertiary/aromatic N) is 3. The number of thiazole rings is 1. The highest BCUT2D eigenvalue weighted by Gasteiger charge is 2.23. The Bertz CT molecular complexity index is 372. The van der Waals surface area contributed by atoms with E-state index in [-0.39, 0.29) is 6.61 Å². The van der Waals surface area contributed by atoms with Gasteiger partial charge >= 0.3 is 0 Å². The van der Waals surface area contributed by atoms with E-state index in [1.165, 1.54) is 6.42 Å². The monoisotopic (exact) mass is 269 g/mol. The molecule has 2 rings (SSSR count). The van der Waals surface area contributed by atoms with E-state index in [0.29, 0.717) is 6.04 Å². The van der Waals surface area contributed by atoms with Gasteiger partial charge in [-0.15, -0.1) is 0 Å². The van der Waals surface area contributed by atoms with Crippen molar-refractivity contribution in [3.05, 3.63) is 10.6 Å². The van der Waals surface area contributed by atoms with Crippen LogP contribution in [0.4, 0.5) is 5.13 Å². The van der Waals surface area contributed by atoms with Gasteiger partial charge in [0.25, 0.3) is 0 Å². The summed E-state index contributed by atoms with van der Waals surface area (Å²) >= 11 is 1.65. The van der Waals surface area contributed by atoms with Crippen LogP contribution in [0.15, 0.2) is 0 Å². The third-order valence-electron chi connectivity index (χ3n) is 3.54. The SMILES string of the molecule is CCc1nc(N2CCCN(C)CC2C)sc1CO. The van der Waals surface area contributed by atoms with Crippen LogP contribution in [0.5, 0.6) is 0 Å². The van der Waals surface area contributed by atoms with E-state index in [1.807, 2.05) is 0 Å². The van der Waals surface area contributed by atoms with E-state index in [2.05, 4.69) is 30.7 Å². The maximum Gasteiger partial charge on any atom is 0.186 e. The Morgan fingerprint density at radius 2 is 2.22 bits per heavy atom. The molecule has 1 saturated heterocycles. The van der Waals surface area contributed by atoms with Crippen LogP contribution in [0.2, 0.25) is 0 Å². The van der Waals surface area contributed by atoms with Gasteiger partial charge in [0.15, 0.2) is 5.13 Å². The van der Waals surface area contributed by atoms with Crippen LogP contribution < -0.4 is 4.90 Å². The van der Waals surface area contributed by atoms with E-state index in [4.69, 9.17) is 4.98 Å². The highest BCUT2D eigenvalue weighted by atomic mass is 32.1. The Balaban J connectivity index is 2.21. The predicted molar refractivity (Wildman–Crippen MR) is 76.3 cm³/mol. The zero-order chi connectivity index (χ0) is 13.1. The van der Waals surface area contributed by atoms with Crippen molar-refractivity contribution in [2.75, 3.05) is 31.6 Å². The Hall–Kier alpha value is -0.650. The molecule has 1 N–H and O–H groups in total. The molecule has 1 aliphatic heterocycles. The molecule has 0 radical (unpaired) electrons. The molecule has 1 aromatic heterocycles. The summed E-state index contributed by atoms with van der Waals surface area (Å²) in [7, 11) is 2.18. The molecular formula is C13H23N3OS. The lowest BCUT2D eigenvalue weighted by atomic mass is 10.3. The number of aliphatic hydroxyl groups excluding tert-OH is 1. The molecule has 1 unspecified atom stereocenters. The van der Waals surface area contributed by atoms with Gasteiger partial charge in [-0.3, -0.25) is 0 Å². The number of anilines is 1. The van der Waals surface area contributed by atoms with Crippen molar-refractivity contribution in [2.45, 2.75) is 39.3 Å². The highest BCUT2D eigenvalue weighted by molar-refractivity contribution is 7.15. The fraction of sp³-hybridized carbons (Fsp3) is 0.769. The largest absolute Gasteiger partial charge is 0.391 e. The van der Waals surface area contributed by atoms with Crippen LogP contribution in [0, 0.1) is 0 Å². The molecule has 0 bridgehead atoms. The van der Waals surface area contributed by atoms with Crippen molar-refractivity contribution >= 4 is 16.5 Å². The summed E-state index contributed by atoms with van der Waals surface area (Å²) in [4.78, 5) is 10.5. The number of aryl methyl sites for hydroxylation is 1. The lowest BCUT2D eigenvalue weighted by Crippen LogP contribution is -2.37. The van der Waals surface area contributed by atoms with Gasteiger partial charge in [-0.2, -0.15) is 0 Å². The Kier molecular flexibility index (Phi) is 4.59. The summed E-state index contributed by atoms with van der Waals surface area (Å²) in [6.45, 7) is 7.76. The number of hydrogen-bond acceptors (Lipinski definition) is 5. The number of aromatic nitrogens is 1. The standard InChI is InChI=1S/C13H23N3OS/c1-4-11-12(9-17)18-13(14-11)16-7-5-6-15(3)8-10(16)2/h10,17H,4-9H2,1-3H3. The van der Waals surface area contributed by atoms with Gasteiger partial charge in [-0.25, -0.2) is 4.98 Å². The van der Waals surface area contributed by atoms with Crippen molar-refractivity contribution in [3.63, 3.8) is 0 Å². The van der Waals surface area contributed by atoms with Crippen LogP contribution in [-0.2, 0) is 13.0 Å².